The van der Waals surface area contributed by atoms with Crippen molar-refractivity contribution in [3.8, 4) is 5.75 Å². The van der Waals surface area contributed by atoms with Gasteiger partial charge in [-0.25, -0.2) is 4.98 Å². The summed E-state index contributed by atoms with van der Waals surface area (Å²) in [5.74, 6) is 0.991. The van der Waals surface area contributed by atoms with Crippen molar-refractivity contribution in [2.75, 3.05) is 6.61 Å². The summed E-state index contributed by atoms with van der Waals surface area (Å²) in [5.41, 5.74) is 1.49. The van der Waals surface area contributed by atoms with Crippen LogP contribution in [0.4, 0.5) is 0 Å². The number of rotatable bonds is 0. The minimum absolute atomic E-state index is 0.100. The first-order valence-corrected chi connectivity index (χ1v) is 7.07. The van der Waals surface area contributed by atoms with E-state index in [2.05, 4.69) is 17.1 Å². The minimum atomic E-state index is -0.469. The van der Waals surface area contributed by atoms with E-state index < -0.39 is 5.41 Å². The Hall–Kier alpha value is -2.42. The second kappa shape index (κ2) is 4.04. The lowest BCUT2D eigenvalue weighted by Crippen LogP contribution is -2.39. The van der Waals surface area contributed by atoms with E-state index in [9.17, 15) is 4.79 Å². The molecule has 0 bridgehead atoms. The van der Waals surface area contributed by atoms with Crippen molar-refractivity contribution in [3.63, 3.8) is 0 Å². The number of benzene rings is 1. The van der Waals surface area contributed by atoms with Gasteiger partial charge in [0, 0.05) is 22.4 Å². The maximum absolute atomic E-state index is 12.1. The maximum Gasteiger partial charge on any atom is 0.167 e. The maximum atomic E-state index is 12.1. The molecule has 0 spiro atoms. The first-order chi connectivity index (χ1) is 10.0. The predicted molar refractivity (Wildman–Crippen MR) is 83.2 cm³/mol. The normalized spacial score (nSPS) is 18.3. The topological polar surface area (TPSA) is 39.2 Å². The molecule has 0 saturated carbocycles. The Morgan fingerprint density at radius 1 is 1.29 bits per heavy atom. The highest BCUT2D eigenvalue weighted by atomic mass is 16.5. The number of pyridine rings is 1. The Bertz CT molecular complexity index is 936. The molecule has 2 aliphatic rings. The Balaban J connectivity index is 2.12. The number of Topliss-reactive ketones (excluding diaryl/α,β-unsaturated/α-hetero) is 1. The number of aromatic nitrogens is 1. The van der Waals surface area contributed by atoms with E-state index in [1.165, 1.54) is 0 Å². The van der Waals surface area contributed by atoms with Gasteiger partial charge in [-0.1, -0.05) is 12.2 Å². The molecule has 4 rings (SSSR count). The van der Waals surface area contributed by atoms with Gasteiger partial charge < -0.3 is 4.74 Å². The van der Waals surface area contributed by atoms with Gasteiger partial charge in [0.25, 0.3) is 0 Å². The van der Waals surface area contributed by atoms with Gasteiger partial charge in [0.05, 0.1) is 10.9 Å². The van der Waals surface area contributed by atoms with E-state index in [1.54, 1.807) is 6.08 Å². The van der Waals surface area contributed by atoms with Gasteiger partial charge in [0.15, 0.2) is 5.78 Å². The average molecular weight is 277 g/mol. The zero-order valence-electron chi connectivity index (χ0n) is 12.0. The van der Waals surface area contributed by atoms with Gasteiger partial charge in [-0.2, -0.15) is 0 Å². The van der Waals surface area contributed by atoms with Crippen LogP contribution in [0.5, 0.6) is 5.75 Å². The second-order valence-corrected chi connectivity index (χ2v) is 6.09. The number of hydrogen-bond donors (Lipinski definition) is 0. The van der Waals surface area contributed by atoms with E-state index in [1.807, 2.05) is 38.1 Å². The van der Waals surface area contributed by atoms with Crippen LogP contribution in [-0.4, -0.2) is 17.4 Å². The standard InChI is InChI=1S/C18H15NO2/c1-18(2)10-11-8-13-12-4-3-7-21-16(12)6-5-14(13)19-15(11)9-17(18)20/h3-6,8-10H,7H2,1-2H3. The highest BCUT2D eigenvalue weighted by molar-refractivity contribution is 6.13. The number of nitrogens with zero attached hydrogens (tertiary/aromatic N) is 1. The Morgan fingerprint density at radius 2 is 2.14 bits per heavy atom. The molecule has 0 atom stereocenters. The summed E-state index contributed by atoms with van der Waals surface area (Å²) in [7, 11) is 0. The molecule has 104 valence electrons. The molecule has 0 unspecified atom stereocenters. The number of fused-ring (bicyclic) bond motifs is 4. The third-order valence-corrected chi connectivity index (χ3v) is 4.10. The summed E-state index contributed by atoms with van der Waals surface area (Å²) in [6.45, 7) is 4.48. The summed E-state index contributed by atoms with van der Waals surface area (Å²) < 4.78 is 5.65. The summed E-state index contributed by atoms with van der Waals surface area (Å²) in [4.78, 5) is 16.7. The molecule has 1 aromatic carbocycles. The smallest absolute Gasteiger partial charge is 0.167 e. The van der Waals surface area contributed by atoms with Crippen LogP contribution >= 0.6 is 0 Å². The number of ether oxygens (including phenoxy) is 1. The molecule has 3 nitrogen and oxygen atoms in total. The molecule has 1 aromatic heterocycles. The van der Waals surface area contributed by atoms with Crippen molar-refractivity contribution in [3.05, 3.63) is 40.4 Å². The van der Waals surface area contributed by atoms with Crippen LogP contribution in [0.15, 0.2) is 24.3 Å². The van der Waals surface area contributed by atoms with Gasteiger partial charge in [0.1, 0.15) is 12.4 Å². The summed E-state index contributed by atoms with van der Waals surface area (Å²) in [5, 5.41) is 2.84. The summed E-state index contributed by atoms with van der Waals surface area (Å²) in [6.07, 6.45) is 7.74. The van der Waals surface area contributed by atoms with Gasteiger partial charge >= 0.3 is 0 Å². The van der Waals surface area contributed by atoms with E-state index >= 15 is 0 Å². The van der Waals surface area contributed by atoms with Crippen LogP contribution in [0.2, 0.25) is 0 Å². The van der Waals surface area contributed by atoms with Crippen molar-refractivity contribution in [1.29, 1.82) is 0 Å². The molecular formula is C18H15NO2. The zero-order chi connectivity index (χ0) is 14.6. The fraction of sp³-hybridized carbons (Fsp3) is 0.222. The van der Waals surface area contributed by atoms with E-state index in [4.69, 9.17) is 4.74 Å². The van der Waals surface area contributed by atoms with Gasteiger partial charge in [-0.15, -0.1) is 0 Å². The van der Waals surface area contributed by atoms with Crippen LogP contribution in [-0.2, 0) is 4.79 Å². The van der Waals surface area contributed by atoms with Crippen molar-refractivity contribution in [2.45, 2.75) is 13.8 Å². The van der Waals surface area contributed by atoms with Crippen LogP contribution in [0, 0.1) is 5.41 Å². The molecule has 3 heteroatoms. The van der Waals surface area contributed by atoms with Crippen LogP contribution in [0.3, 0.4) is 0 Å². The third-order valence-electron chi connectivity index (χ3n) is 4.10. The molecule has 0 radical (unpaired) electrons. The molecule has 21 heavy (non-hydrogen) atoms. The fourth-order valence-corrected chi connectivity index (χ4v) is 2.88. The fourth-order valence-electron chi connectivity index (χ4n) is 2.88. The lowest BCUT2D eigenvalue weighted by molar-refractivity contribution is -0.118. The van der Waals surface area contributed by atoms with Crippen LogP contribution in [0.1, 0.15) is 19.4 Å². The molecule has 0 fully saturated rings. The van der Waals surface area contributed by atoms with E-state index in [0.717, 1.165) is 32.8 Å². The molecule has 2 heterocycles. The first-order valence-electron chi connectivity index (χ1n) is 7.07. The van der Waals surface area contributed by atoms with Gasteiger partial charge in [0.2, 0.25) is 0 Å². The van der Waals surface area contributed by atoms with Gasteiger partial charge in [-0.05, 0) is 43.3 Å². The largest absolute Gasteiger partial charge is 0.489 e. The van der Waals surface area contributed by atoms with Crippen molar-refractivity contribution in [1.82, 2.24) is 4.98 Å². The van der Waals surface area contributed by atoms with Crippen LogP contribution < -0.4 is 15.3 Å². The van der Waals surface area contributed by atoms with Gasteiger partial charge in [-0.3, -0.25) is 4.79 Å². The second-order valence-electron chi connectivity index (χ2n) is 6.09. The highest BCUT2D eigenvalue weighted by Crippen LogP contribution is 2.30. The quantitative estimate of drug-likeness (QED) is 0.737. The number of carbonyl (C=O) groups is 1. The van der Waals surface area contributed by atoms with Crippen molar-refractivity contribution < 1.29 is 9.53 Å². The van der Waals surface area contributed by atoms with E-state index in [0.29, 0.717) is 6.61 Å². The molecular weight excluding hydrogens is 262 g/mol. The lowest BCUT2D eigenvalue weighted by Gasteiger charge is -2.20. The molecule has 1 aliphatic heterocycles. The SMILES string of the molecule is CC1(C)C=c2cc3c4c(ccc3nc2=CC1=O)OCC=C4. The molecule has 0 N–H and O–H groups in total. The summed E-state index contributed by atoms with van der Waals surface area (Å²) >= 11 is 0. The van der Waals surface area contributed by atoms with Crippen molar-refractivity contribution in [2.24, 2.45) is 5.41 Å². The monoisotopic (exact) mass is 277 g/mol. The predicted octanol–water partition coefficient (Wildman–Crippen LogP) is 1.81. The number of hydrogen-bond acceptors (Lipinski definition) is 3. The summed E-state index contributed by atoms with van der Waals surface area (Å²) in [6, 6.07) is 6.00. The molecule has 2 aromatic rings. The first kappa shape index (κ1) is 12.3. The Morgan fingerprint density at radius 3 is 3.00 bits per heavy atom. The average Bonchev–Trinajstić information content (AvgIpc) is 2.46. The van der Waals surface area contributed by atoms with Crippen LogP contribution in [0.25, 0.3) is 29.1 Å². The Kier molecular flexibility index (Phi) is 2.37. The third kappa shape index (κ3) is 1.81. The lowest BCUT2D eigenvalue weighted by atomic mass is 9.84. The van der Waals surface area contributed by atoms with Crippen molar-refractivity contribution >= 4 is 34.9 Å². The Labute approximate surface area is 122 Å². The molecule has 0 saturated heterocycles. The number of ketones is 1. The van der Waals surface area contributed by atoms with E-state index in [-0.39, 0.29) is 5.78 Å². The highest BCUT2D eigenvalue weighted by Gasteiger charge is 2.25. The number of carbonyl (C=O) groups excluding carboxylic acids is 1. The minimum Gasteiger partial charge on any atom is -0.489 e. The zero-order valence-corrected chi connectivity index (χ0v) is 12.0. The molecule has 1 aliphatic carbocycles. The molecule has 0 amide bonds.